The smallest absolute Gasteiger partial charge is 0.124 e. The topological polar surface area (TPSA) is 12.0 Å². The standard InChI is InChI=1S/C13H19ClFN/c1-8(2)13(16-4)9(3)11-6-5-10(15)7-12(11)14/h5-9,13,16H,1-4H3. The van der Waals surface area contributed by atoms with Crippen molar-refractivity contribution in [1.82, 2.24) is 5.32 Å². The van der Waals surface area contributed by atoms with Crippen LogP contribution in [0.2, 0.25) is 5.02 Å². The quantitative estimate of drug-likeness (QED) is 0.848. The Balaban J connectivity index is 2.99. The number of likely N-dealkylation sites (N-methyl/N-ethyl adjacent to an activating group) is 1. The molecule has 1 N–H and O–H groups in total. The fraction of sp³-hybridized carbons (Fsp3) is 0.538. The van der Waals surface area contributed by atoms with Crippen LogP contribution in [0.3, 0.4) is 0 Å². The van der Waals surface area contributed by atoms with E-state index in [0.29, 0.717) is 17.0 Å². The van der Waals surface area contributed by atoms with E-state index in [-0.39, 0.29) is 11.7 Å². The van der Waals surface area contributed by atoms with Crippen LogP contribution in [-0.4, -0.2) is 13.1 Å². The minimum Gasteiger partial charge on any atom is -0.316 e. The van der Waals surface area contributed by atoms with Gasteiger partial charge in [-0.1, -0.05) is 38.4 Å². The Morgan fingerprint density at radius 3 is 2.31 bits per heavy atom. The molecule has 0 spiro atoms. The van der Waals surface area contributed by atoms with Gasteiger partial charge in [0.15, 0.2) is 0 Å². The third kappa shape index (κ3) is 2.96. The lowest BCUT2D eigenvalue weighted by Gasteiger charge is -2.28. The van der Waals surface area contributed by atoms with Gasteiger partial charge in [0, 0.05) is 11.1 Å². The second kappa shape index (κ2) is 5.65. The first-order valence-electron chi connectivity index (χ1n) is 5.59. The van der Waals surface area contributed by atoms with Crippen LogP contribution < -0.4 is 5.32 Å². The lowest BCUT2D eigenvalue weighted by molar-refractivity contribution is 0.376. The summed E-state index contributed by atoms with van der Waals surface area (Å²) in [6, 6.07) is 4.95. The summed E-state index contributed by atoms with van der Waals surface area (Å²) in [7, 11) is 1.94. The molecule has 0 amide bonds. The number of nitrogens with one attached hydrogen (secondary N) is 1. The van der Waals surface area contributed by atoms with Gasteiger partial charge in [0.2, 0.25) is 0 Å². The maximum Gasteiger partial charge on any atom is 0.124 e. The summed E-state index contributed by atoms with van der Waals surface area (Å²) in [5.74, 6) is 0.478. The van der Waals surface area contributed by atoms with E-state index in [9.17, 15) is 4.39 Å². The highest BCUT2D eigenvalue weighted by Gasteiger charge is 2.22. The van der Waals surface area contributed by atoms with E-state index in [1.165, 1.54) is 12.1 Å². The van der Waals surface area contributed by atoms with E-state index >= 15 is 0 Å². The largest absolute Gasteiger partial charge is 0.316 e. The summed E-state index contributed by atoms with van der Waals surface area (Å²) in [6.07, 6.45) is 0. The molecule has 0 saturated carbocycles. The summed E-state index contributed by atoms with van der Waals surface area (Å²) in [4.78, 5) is 0. The van der Waals surface area contributed by atoms with Crippen molar-refractivity contribution in [1.29, 1.82) is 0 Å². The second-order valence-electron chi connectivity index (χ2n) is 4.51. The lowest BCUT2D eigenvalue weighted by atomic mass is 9.86. The number of hydrogen-bond acceptors (Lipinski definition) is 1. The fourth-order valence-corrected chi connectivity index (χ4v) is 2.56. The van der Waals surface area contributed by atoms with Gasteiger partial charge in [-0.25, -0.2) is 4.39 Å². The minimum absolute atomic E-state index is 0.262. The van der Waals surface area contributed by atoms with Crippen molar-refractivity contribution in [3.05, 3.63) is 34.6 Å². The monoisotopic (exact) mass is 243 g/mol. The summed E-state index contributed by atoms with van der Waals surface area (Å²) in [6.45, 7) is 6.43. The molecule has 0 aromatic heterocycles. The molecule has 1 aromatic rings. The average Bonchev–Trinajstić information content (AvgIpc) is 2.17. The van der Waals surface area contributed by atoms with E-state index < -0.39 is 0 Å². The van der Waals surface area contributed by atoms with Gasteiger partial charge in [-0.15, -0.1) is 0 Å². The summed E-state index contributed by atoms with van der Waals surface area (Å²) in [5.41, 5.74) is 0.996. The number of hydrogen-bond donors (Lipinski definition) is 1. The normalized spacial score (nSPS) is 15.2. The lowest BCUT2D eigenvalue weighted by Crippen LogP contribution is -2.35. The summed E-state index contributed by atoms with van der Waals surface area (Å²) < 4.78 is 13.0. The highest BCUT2D eigenvalue weighted by molar-refractivity contribution is 6.31. The third-order valence-corrected chi connectivity index (χ3v) is 3.37. The van der Waals surface area contributed by atoms with Gasteiger partial charge >= 0.3 is 0 Å². The Kier molecular flexibility index (Phi) is 4.75. The van der Waals surface area contributed by atoms with Crippen LogP contribution in [-0.2, 0) is 0 Å². The summed E-state index contributed by atoms with van der Waals surface area (Å²) in [5, 5.41) is 3.80. The number of benzene rings is 1. The van der Waals surface area contributed by atoms with Crippen LogP contribution in [0, 0.1) is 11.7 Å². The van der Waals surface area contributed by atoms with Crippen LogP contribution in [0.25, 0.3) is 0 Å². The Bertz CT molecular complexity index is 352. The van der Waals surface area contributed by atoms with Crippen molar-refractivity contribution in [3.63, 3.8) is 0 Å². The zero-order valence-electron chi connectivity index (χ0n) is 10.2. The molecule has 16 heavy (non-hydrogen) atoms. The molecule has 2 atom stereocenters. The molecule has 0 fully saturated rings. The molecule has 90 valence electrons. The molecule has 0 saturated heterocycles. The van der Waals surface area contributed by atoms with Gasteiger partial charge in [0.05, 0.1) is 0 Å². The van der Waals surface area contributed by atoms with Gasteiger partial charge in [-0.3, -0.25) is 0 Å². The molecule has 1 aromatic carbocycles. The van der Waals surface area contributed by atoms with Crippen molar-refractivity contribution >= 4 is 11.6 Å². The Labute approximate surface area is 102 Å². The molecular formula is C13H19ClFN. The molecule has 0 radical (unpaired) electrons. The Hall–Kier alpha value is -0.600. The highest BCUT2D eigenvalue weighted by atomic mass is 35.5. The maximum absolute atomic E-state index is 13.0. The predicted octanol–water partition coefficient (Wildman–Crippen LogP) is 3.83. The first kappa shape index (κ1) is 13.5. The Morgan fingerprint density at radius 1 is 1.25 bits per heavy atom. The number of rotatable bonds is 4. The van der Waals surface area contributed by atoms with Crippen molar-refractivity contribution in [3.8, 4) is 0 Å². The first-order valence-corrected chi connectivity index (χ1v) is 5.97. The molecular weight excluding hydrogens is 225 g/mol. The van der Waals surface area contributed by atoms with Crippen molar-refractivity contribution < 1.29 is 4.39 Å². The van der Waals surface area contributed by atoms with Gasteiger partial charge in [-0.2, -0.15) is 0 Å². The van der Waals surface area contributed by atoms with Crippen LogP contribution >= 0.6 is 11.6 Å². The molecule has 0 aliphatic rings. The van der Waals surface area contributed by atoms with Gasteiger partial charge in [0.25, 0.3) is 0 Å². The fourth-order valence-electron chi connectivity index (χ4n) is 2.22. The SMILES string of the molecule is CNC(C(C)C)C(C)c1ccc(F)cc1Cl. The zero-order chi connectivity index (χ0) is 12.3. The van der Waals surface area contributed by atoms with Crippen molar-refractivity contribution in [2.75, 3.05) is 7.05 Å². The molecule has 1 nitrogen and oxygen atoms in total. The molecule has 3 heteroatoms. The Morgan fingerprint density at radius 2 is 1.88 bits per heavy atom. The van der Waals surface area contributed by atoms with Crippen LogP contribution in [0.15, 0.2) is 18.2 Å². The highest BCUT2D eigenvalue weighted by Crippen LogP contribution is 2.29. The third-order valence-electron chi connectivity index (χ3n) is 3.04. The minimum atomic E-state index is -0.286. The first-order chi connectivity index (χ1) is 7.47. The van der Waals surface area contributed by atoms with E-state index in [2.05, 4.69) is 26.1 Å². The molecule has 0 aliphatic heterocycles. The van der Waals surface area contributed by atoms with Gasteiger partial charge < -0.3 is 5.32 Å². The van der Waals surface area contributed by atoms with E-state index in [0.717, 1.165) is 5.56 Å². The van der Waals surface area contributed by atoms with Crippen LogP contribution in [0.1, 0.15) is 32.3 Å². The van der Waals surface area contributed by atoms with Crippen molar-refractivity contribution in [2.24, 2.45) is 5.92 Å². The van der Waals surface area contributed by atoms with Gasteiger partial charge in [-0.05, 0) is 36.6 Å². The van der Waals surface area contributed by atoms with Crippen LogP contribution in [0.4, 0.5) is 4.39 Å². The molecule has 0 heterocycles. The second-order valence-corrected chi connectivity index (χ2v) is 4.92. The van der Waals surface area contributed by atoms with Crippen molar-refractivity contribution in [2.45, 2.75) is 32.7 Å². The number of halogens is 2. The summed E-state index contributed by atoms with van der Waals surface area (Å²) >= 11 is 6.06. The molecule has 1 rings (SSSR count). The van der Waals surface area contributed by atoms with Crippen LogP contribution in [0.5, 0.6) is 0 Å². The average molecular weight is 244 g/mol. The van der Waals surface area contributed by atoms with E-state index in [1.54, 1.807) is 6.07 Å². The molecule has 0 aliphatic carbocycles. The molecule has 0 bridgehead atoms. The van der Waals surface area contributed by atoms with Gasteiger partial charge in [0.1, 0.15) is 5.82 Å². The molecule has 2 unspecified atom stereocenters. The van der Waals surface area contributed by atoms with E-state index in [1.807, 2.05) is 7.05 Å². The van der Waals surface area contributed by atoms with E-state index in [4.69, 9.17) is 11.6 Å². The maximum atomic E-state index is 13.0. The zero-order valence-corrected chi connectivity index (χ0v) is 11.0. The predicted molar refractivity (Wildman–Crippen MR) is 67.5 cm³/mol.